The van der Waals surface area contributed by atoms with Crippen LogP contribution in [0.2, 0.25) is 0 Å². The molecule has 10 heteroatoms. The number of nitro groups is 1. The standard InChI is InChI=1S/C19H17FN4O4S/c20-14-5-3-13(4-6-14)17-12-29-19(21-10-15-2-1-9-27-15)23(17)22-11-16-7-8-18(28-16)24(25)26/h3-8,11-12,15H,1-2,9-10H2/b21-19?,22-11-/t15-/m0/s1. The largest absolute Gasteiger partial charge is 0.433 e. The molecular weight excluding hydrogens is 399 g/mol. The predicted molar refractivity (Wildman–Crippen MR) is 105 cm³/mol. The average Bonchev–Trinajstić information content (AvgIpc) is 3.46. The Balaban J connectivity index is 1.69. The van der Waals surface area contributed by atoms with E-state index >= 15 is 0 Å². The van der Waals surface area contributed by atoms with Crippen LogP contribution in [0.1, 0.15) is 18.6 Å². The van der Waals surface area contributed by atoms with Crippen LogP contribution in [-0.4, -0.2) is 35.1 Å². The Morgan fingerprint density at radius 1 is 1.31 bits per heavy atom. The maximum Gasteiger partial charge on any atom is 0.433 e. The molecule has 1 aliphatic heterocycles. The van der Waals surface area contributed by atoms with Gasteiger partial charge in [0.05, 0.1) is 30.6 Å². The predicted octanol–water partition coefficient (Wildman–Crippen LogP) is 3.82. The molecule has 0 spiro atoms. The summed E-state index contributed by atoms with van der Waals surface area (Å²) < 4.78 is 25.7. The van der Waals surface area contributed by atoms with Gasteiger partial charge in [0.2, 0.25) is 4.80 Å². The molecule has 2 aromatic heterocycles. The van der Waals surface area contributed by atoms with E-state index in [9.17, 15) is 14.5 Å². The van der Waals surface area contributed by atoms with Crippen LogP contribution in [0.25, 0.3) is 11.3 Å². The molecular formula is C19H17FN4O4S. The lowest BCUT2D eigenvalue weighted by Gasteiger charge is -2.05. The maximum absolute atomic E-state index is 13.3. The third-order valence-electron chi connectivity index (χ3n) is 4.37. The van der Waals surface area contributed by atoms with Crippen molar-refractivity contribution in [2.45, 2.75) is 18.9 Å². The zero-order valence-electron chi connectivity index (χ0n) is 15.2. The lowest BCUT2D eigenvalue weighted by atomic mass is 10.2. The first kappa shape index (κ1) is 19.2. The molecule has 150 valence electrons. The van der Waals surface area contributed by atoms with E-state index in [1.165, 1.54) is 41.8 Å². The number of hydrogen-bond donors (Lipinski definition) is 0. The van der Waals surface area contributed by atoms with Crippen LogP contribution in [0, 0.1) is 15.9 Å². The maximum atomic E-state index is 13.3. The number of nitrogens with zero attached hydrogens (tertiary/aromatic N) is 4. The zero-order chi connectivity index (χ0) is 20.2. The smallest absolute Gasteiger partial charge is 0.400 e. The van der Waals surface area contributed by atoms with Gasteiger partial charge in [-0.15, -0.1) is 11.3 Å². The first-order chi connectivity index (χ1) is 14.1. The summed E-state index contributed by atoms with van der Waals surface area (Å²) in [5.74, 6) is -0.445. The third-order valence-corrected chi connectivity index (χ3v) is 5.23. The molecule has 0 radical (unpaired) electrons. The first-order valence-corrected chi connectivity index (χ1v) is 9.85. The second-order valence-corrected chi connectivity index (χ2v) is 7.21. The topological polar surface area (TPSA) is 95.2 Å². The summed E-state index contributed by atoms with van der Waals surface area (Å²) in [5.41, 5.74) is 1.49. The molecule has 8 nitrogen and oxygen atoms in total. The normalized spacial score (nSPS) is 17.4. The van der Waals surface area contributed by atoms with Crippen LogP contribution >= 0.6 is 11.3 Å². The van der Waals surface area contributed by atoms with E-state index in [1.54, 1.807) is 16.8 Å². The number of benzene rings is 1. The first-order valence-electron chi connectivity index (χ1n) is 8.97. The Labute approximate surface area is 168 Å². The van der Waals surface area contributed by atoms with Gasteiger partial charge in [0, 0.05) is 17.6 Å². The fraction of sp³-hybridized carbons (Fsp3) is 0.263. The minimum absolute atomic E-state index is 0.0940. The Morgan fingerprint density at radius 3 is 2.83 bits per heavy atom. The molecule has 0 saturated carbocycles. The fourth-order valence-corrected chi connectivity index (χ4v) is 3.78. The van der Waals surface area contributed by atoms with E-state index < -0.39 is 4.92 Å². The Morgan fingerprint density at radius 2 is 2.14 bits per heavy atom. The van der Waals surface area contributed by atoms with Gasteiger partial charge in [-0.3, -0.25) is 15.1 Å². The number of halogens is 1. The molecule has 0 bridgehead atoms. The number of aromatic nitrogens is 1. The summed E-state index contributed by atoms with van der Waals surface area (Å²) in [6.45, 7) is 1.27. The molecule has 1 fully saturated rings. The SMILES string of the molecule is O=[N+]([O-])c1ccc(/C=N\n2c(-c3ccc(F)cc3)csc2=NC[C@@H]2CCCO2)o1. The van der Waals surface area contributed by atoms with Crippen LogP contribution in [-0.2, 0) is 4.74 Å². The Kier molecular flexibility index (Phi) is 5.63. The molecule has 0 aliphatic carbocycles. The van der Waals surface area contributed by atoms with E-state index in [2.05, 4.69) is 10.1 Å². The van der Waals surface area contributed by atoms with Gasteiger partial charge >= 0.3 is 5.88 Å². The number of thiazole rings is 1. The van der Waals surface area contributed by atoms with Crippen molar-refractivity contribution in [1.82, 2.24) is 4.68 Å². The highest BCUT2D eigenvalue weighted by molar-refractivity contribution is 7.07. The molecule has 3 aromatic rings. The van der Waals surface area contributed by atoms with Crippen LogP contribution in [0.3, 0.4) is 0 Å². The minimum atomic E-state index is -0.610. The zero-order valence-corrected chi connectivity index (χ0v) is 16.0. The van der Waals surface area contributed by atoms with Crippen molar-refractivity contribution in [3.63, 3.8) is 0 Å². The van der Waals surface area contributed by atoms with Gasteiger partial charge in [-0.05, 0) is 43.2 Å². The summed E-state index contributed by atoms with van der Waals surface area (Å²) >= 11 is 1.40. The molecule has 1 aliphatic rings. The number of ether oxygens (including phenoxy) is 1. The Hall–Kier alpha value is -3.11. The van der Waals surface area contributed by atoms with E-state index in [-0.39, 0.29) is 23.6 Å². The fourth-order valence-electron chi connectivity index (χ4n) is 2.93. The van der Waals surface area contributed by atoms with E-state index in [4.69, 9.17) is 9.15 Å². The number of hydrogen-bond acceptors (Lipinski definition) is 7. The number of furan rings is 1. The monoisotopic (exact) mass is 416 g/mol. The molecule has 1 atom stereocenters. The molecule has 0 unspecified atom stereocenters. The lowest BCUT2D eigenvalue weighted by Crippen LogP contribution is -2.17. The van der Waals surface area contributed by atoms with Gasteiger partial charge < -0.3 is 9.15 Å². The van der Waals surface area contributed by atoms with Crippen molar-refractivity contribution >= 4 is 23.4 Å². The van der Waals surface area contributed by atoms with Gasteiger partial charge in [0.1, 0.15) is 10.7 Å². The quantitative estimate of drug-likeness (QED) is 0.347. The van der Waals surface area contributed by atoms with Gasteiger partial charge in [-0.2, -0.15) is 5.10 Å². The minimum Gasteiger partial charge on any atom is -0.400 e. The van der Waals surface area contributed by atoms with E-state index in [0.29, 0.717) is 11.3 Å². The summed E-state index contributed by atoms with van der Waals surface area (Å²) in [4.78, 5) is 15.4. The van der Waals surface area contributed by atoms with Crippen molar-refractivity contribution in [2.75, 3.05) is 13.2 Å². The molecule has 4 rings (SSSR count). The van der Waals surface area contributed by atoms with Crippen molar-refractivity contribution in [3.05, 3.63) is 68.3 Å². The highest BCUT2D eigenvalue weighted by atomic mass is 32.1. The summed E-state index contributed by atoms with van der Waals surface area (Å²) in [5, 5.41) is 17.1. The summed E-state index contributed by atoms with van der Waals surface area (Å²) in [6.07, 6.45) is 3.48. The highest BCUT2D eigenvalue weighted by Gasteiger charge is 2.15. The summed E-state index contributed by atoms with van der Waals surface area (Å²) in [6, 6.07) is 8.80. The highest BCUT2D eigenvalue weighted by Crippen LogP contribution is 2.21. The molecule has 3 heterocycles. The molecule has 1 aromatic carbocycles. The van der Waals surface area contributed by atoms with Crippen molar-refractivity contribution in [2.24, 2.45) is 10.1 Å². The van der Waals surface area contributed by atoms with Crippen LogP contribution in [0.15, 0.2) is 56.3 Å². The molecule has 1 saturated heterocycles. The van der Waals surface area contributed by atoms with Gasteiger partial charge in [0.25, 0.3) is 0 Å². The van der Waals surface area contributed by atoms with Gasteiger partial charge in [-0.1, -0.05) is 0 Å². The second-order valence-electron chi connectivity index (χ2n) is 6.38. The van der Waals surface area contributed by atoms with E-state index in [0.717, 1.165) is 30.7 Å². The molecule has 0 N–H and O–H groups in total. The van der Waals surface area contributed by atoms with Crippen molar-refractivity contribution < 1.29 is 18.5 Å². The van der Waals surface area contributed by atoms with Crippen LogP contribution in [0.4, 0.5) is 10.3 Å². The van der Waals surface area contributed by atoms with Crippen molar-refractivity contribution in [1.29, 1.82) is 0 Å². The van der Waals surface area contributed by atoms with Crippen LogP contribution in [0.5, 0.6) is 0 Å². The number of rotatable bonds is 6. The molecule has 0 amide bonds. The lowest BCUT2D eigenvalue weighted by molar-refractivity contribution is -0.402. The molecule has 29 heavy (non-hydrogen) atoms. The average molecular weight is 416 g/mol. The van der Waals surface area contributed by atoms with E-state index in [1.807, 2.05) is 5.38 Å². The second kappa shape index (κ2) is 8.50. The summed E-state index contributed by atoms with van der Waals surface area (Å²) in [7, 11) is 0. The Bertz CT molecular complexity index is 1090. The third kappa shape index (κ3) is 4.49. The van der Waals surface area contributed by atoms with Crippen molar-refractivity contribution in [3.8, 4) is 11.3 Å². The van der Waals surface area contributed by atoms with Gasteiger partial charge in [-0.25, -0.2) is 9.07 Å². The van der Waals surface area contributed by atoms with Gasteiger partial charge in [0.15, 0.2) is 5.76 Å². The van der Waals surface area contributed by atoms with Crippen LogP contribution < -0.4 is 4.80 Å².